The van der Waals surface area contributed by atoms with Crippen LogP contribution in [0.2, 0.25) is 0 Å². The molecule has 0 bridgehead atoms. The molecule has 1 fully saturated rings. The highest BCUT2D eigenvalue weighted by molar-refractivity contribution is 7.10. The molecule has 186 valence electrons. The van der Waals surface area contributed by atoms with Crippen LogP contribution in [-0.4, -0.2) is 39.1 Å². The molecule has 0 spiro atoms. The summed E-state index contributed by atoms with van der Waals surface area (Å²) in [6, 6.07) is 9.96. The number of carbonyl (C=O) groups is 1. The number of aliphatic hydroxyl groups is 1. The van der Waals surface area contributed by atoms with Crippen LogP contribution in [0.5, 0.6) is 0 Å². The van der Waals surface area contributed by atoms with E-state index in [1.165, 1.54) is 17.4 Å². The number of thiazole rings is 1. The molecule has 0 saturated carbocycles. The lowest BCUT2D eigenvalue weighted by Crippen LogP contribution is -2.43. The van der Waals surface area contributed by atoms with Crippen molar-refractivity contribution in [2.45, 2.75) is 69.6 Å². The number of fused-ring (bicyclic) bond motifs is 1. The van der Waals surface area contributed by atoms with Gasteiger partial charge >= 0.3 is 0 Å². The Kier molecular flexibility index (Phi) is 7.99. The second-order valence-corrected chi connectivity index (χ2v) is 10.3. The minimum atomic E-state index is -0.893. The summed E-state index contributed by atoms with van der Waals surface area (Å²) in [5.41, 5.74) is 7.09. The number of aromatic nitrogens is 1. The highest BCUT2D eigenvalue weighted by atomic mass is 32.1. The number of carbonyl (C=O) groups excluding carboxylic acids is 1. The van der Waals surface area contributed by atoms with Crippen molar-refractivity contribution in [2.75, 3.05) is 6.54 Å². The van der Waals surface area contributed by atoms with Crippen molar-refractivity contribution in [1.82, 2.24) is 9.88 Å². The van der Waals surface area contributed by atoms with Gasteiger partial charge in [-0.2, -0.15) is 0 Å². The fraction of sp³-hybridized carbons (Fsp3) is 0.429. The summed E-state index contributed by atoms with van der Waals surface area (Å²) >= 11 is 1.53. The van der Waals surface area contributed by atoms with Gasteiger partial charge in [-0.15, -0.1) is 17.9 Å². The average molecular weight is 496 g/mol. The number of nitrogens with zero attached hydrogens (tertiary/aromatic N) is 2. The summed E-state index contributed by atoms with van der Waals surface area (Å²) in [7, 11) is 0. The molecule has 35 heavy (non-hydrogen) atoms. The lowest BCUT2D eigenvalue weighted by Gasteiger charge is -2.27. The molecule has 0 aliphatic carbocycles. The molecule has 7 heteroatoms. The lowest BCUT2D eigenvalue weighted by atomic mass is 9.91. The van der Waals surface area contributed by atoms with Crippen LogP contribution in [0.15, 0.2) is 54.4 Å². The van der Waals surface area contributed by atoms with Gasteiger partial charge in [-0.25, -0.2) is 9.37 Å². The van der Waals surface area contributed by atoms with Crippen LogP contribution in [0.1, 0.15) is 62.9 Å². The summed E-state index contributed by atoms with van der Waals surface area (Å²) in [6.45, 7) is 6.45. The molecule has 2 heterocycles. The third-order valence-corrected chi connectivity index (χ3v) is 7.94. The Balaban J connectivity index is 1.46. The van der Waals surface area contributed by atoms with Crippen LogP contribution in [0.3, 0.4) is 0 Å². The Bertz CT molecular complexity index is 1200. The standard InChI is InChI=1S/C28H34FN3O2S/c1-3-15-28(34,4-2)16-7-11-23(30)27(33)32-17-8-12-25(32)26-31-24(18-35-26)21-13-14-22(29)20-10-6-5-9-19(20)21/h4-6,9-10,13-14,18,23,25,34H,2-3,7-8,11-12,15-17,30H2,1H3/t23-,25-,28-/m0/s1. The van der Waals surface area contributed by atoms with Crippen molar-refractivity contribution in [1.29, 1.82) is 0 Å². The molecule has 3 atom stereocenters. The molecule has 1 amide bonds. The Morgan fingerprint density at radius 2 is 2.11 bits per heavy atom. The minimum absolute atomic E-state index is 0.0610. The number of rotatable bonds is 10. The zero-order valence-electron chi connectivity index (χ0n) is 20.3. The summed E-state index contributed by atoms with van der Waals surface area (Å²) in [5, 5.41) is 14.8. The van der Waals surface area contributed by atoms with Crippen molar-refractivity contribution < 1.29 is 14.3 Å². The fourth-order valence-electron chi connectivity index (χ4n) is 5.06. The number of hydrogen-bond donors (Lipinski definition) is 2. The van der Waals surface area contributed by atoms with Crippen molar-refractivity contribution in [2.24, 2.45) is 5.73 Å². The van der Waals surface area contributed by atoms with Crippen LogP contribution in [0.4, 0.5) is 4.39 Å². The summed E-state index contributed by atoms with van der Waals surface area (Å²) in [5.74, 6) is -0.309. The zero-order valence-corrected chi connectivity index (χ0v) is 21.1. The Hall–Kier alpha value is -2.61. The molecular weight excluding hydrogens is 461 g/mol. The van der Waals surface area contributed by atoms with Crippen molar-refractivity contribution >= 4 is 28.0 Å². The molecule has 0 unspecified atom stereocenters. The van der Waals surface area contributed by atoms with Gasteiger partial charge in [-0.05, 0) is 56.0 Å². The van der Waals surface area contributed by atoms with Crippen LogP contribution in [0, 0.1) is 5.82 Å². The van der Waals surface area contributed by atoms with Gasteiger partial charge in [0.2, 0.25) is 5.91 Å². The monoisotopic (exact) mass is 495 g/mol. The van der Waals surface area contributed by atoms with Gasteiger partial charge in [0.1, 0.15) is 10.8 Å². The van der Waals surface area contributed by atoms with E-state index in [9.17, 15) is 14.3 Å². The maximum Gasteiger partial charge on any atom is 0.240 e. The van der Waals surface area contributed by atoms with Crippen LogP contribution >= 0.6 is 11.3 Å². The Morgan fingerprint density at radius 3 is 2.86 bits per heavy atom. The van der Waals surface area contributed by atoms with Gasteiger partial charge in [0.25, 0.3) is 0 Å². The predicted octanol–water partition coefficient (Wildman–Crippen LogP) is 5.98. The second-order valence-electron chi connectivity index (χ2n) is 9.46. The number of hydrogen-bond acceptors (Lipinski definition) is 5. The van der Waals surface area contributed by atoms with Crippen molar-refractivity contribution in [3.05, 3.63) is 65.3 Å². The molecule has 3 aromatic rings. The first-order valence-corrected chi connectivity index (χ1v) is 13.3. The first-order valence-electron chi connectivity index (χ1n) is 12.4. The predicted molar refractivity (Wildman–Crippen MR) is 141 cm³/mol. The maximum absolute atomic E-state index is 14.3. The second kappa shape index (κ2) is 11.0. The molecule has 5 nitrogen and oxygen atoms in total. The van der Waals surface area contributed by atoms with Gasteiger partial charge in [0.05, 0.1) is 23.4 Å². The summed E-state index contributed by atoms with van der Waals surface area (Å²) in [4.78, 5) is 20.0. The van der Waals surface area contributed by atoms with Crippen LogP contribution in [-0.2, 0) is 4.79 Å². The summed E-state index contributed by atoms with van der Waals surface area (Å²) < 4.78 is 14.3. The molecule has 1 aliphatic rings. The number of likely N-dealkylation sites (tertiary alicyclic amines) is 1. The third kappa shape index (κ3) is 5.47. The van der Waals surface area contributed by atoms with E-state index < -0.39 is 11.6 Å². The topological polar surface area (TPSA) is 79.5 Å². The SMILES string of the molecule is C=C[C@](O)(CCC)CCC[C@H](N)C(=O)N1CCC[C@H]1c1nc(-c2ccc(F)c3ccccc23)cs1. The van der Waals surface area contributed by atoms with Crippen molar-refractivity contribution in [3.8, 4) is 11.3 Å². The van der Waals surface area contributed by atoms with E-state index in [2.05, 4.69) is 6.58 Å². The van der Waals surface area contributed by atoms with E-state index in [-0.39, 0.29) is 17.8 Å². The number of nitrogens with two attached hydrogens (primary N) is 1. The molecule has 1 aliphatic heterocycles. The Labute approximate surface area is 210 Å². The van der Waals surface area contributed by atoms with E-state index in [0.29, 0.717) is 37.6 Å². The molecule has 1 saturated heterocycles. The normalized spacial score (nSPS) is 18.5. The van der Waals surface area contributed by atoms with Gasteiger partial charge in [0, 0.05) is 22.9 Å². The van der Waals surface area contributed by atoms with E-state index in [0.717, 1.165) is 40.9 Å². The largest absolute Gasteiger partial charge is 0.386 e. The van der Waals surface area contributed by atoms with Gasteiger partial charge in [0.15, 0.2) is 0 Å². The average Bonchev–Trinajstić information content (AvgIpc) is 3.54. The number of amides is 1. The molecular formula is C28H34FN3O2S. The van der Waals surface area contributed by atoms with E-state index in [1.54, 1.807) is 18.2 Å². The number of halogens is 1. The van der Waals surface area contributed by atoms with Crippen molar-refractivity contribution in [3.63, 3.8) is 0 Å². The summed E-state index contributed by atoms with van der Waals surface area (Å²) in [6.07, 6.45) is 6.61. The smallest absolute Gasteiger partial charge is 0.240 e. The molecule has 2 aromatic carbocycles. The van der Waals surface area contributed by atoms with E-state index in [4.69, 9.17) is 10.7 Å². The molecule has 0 radical (unpaired) electrons. The van der Waals surface area contributed by atoms with E-state index >= 15 is 0 Å². The fourth-order valence-corrected chi connectivity index (χ4v) is 6.03. The third-order valence-electron chi connectivity index (χ3n) is 6.99. The van der Waals surface area contributed by atoms with Gasteiger partial charge in [-0.1, -0.05) is 43.7 Å². The van der Waals surface area contributed by atoms with Gasteiger partial charge < -0.3 is 15.7 Å². The van der Waals surface area contributed by atoms with Crippen LogP contribution in [0.25, 0.3) is 22.0 Å². The minimum Gasteiger partial charge on any atom is -0.386 e. The van der Waals surface area contributed by atoms with E-state index in [1.807, 2.05) is 35.4 Å². The lowest BCUT2D eigenvalue weighted by molar-refractivity contribution is -0.133. The highest BCUT2D eigenvalue weighted by Crippen LogP contribution is 2.38. The highest BCUT2D eigenvalue weighted by Gasteiger charge is 2.34. The first-order chi connectivity index (χ1) is 16.9. The van der Waals surface area contributed by atoms with Crippen LogP contribution < -0.4 is 5.73 Å². The number of benzene rings is 2. The zero-order chi connectivity index (χ0) is 25.0. The first kappa shape index (κ1) is 25.5. The van der Waals surface area contributed by atoms with Gasteiger partial charge in [-0.3, -0.25) is 4.79 Å². The molecule has 1 aromatic heterocycles. The Morgan fingerprint density at radius 1 is 1.34 bits per heavy atom. The maximum atomic E-state index is 14.3. The molecule has 4 rings (SSSR count). The quantitative estimate of drug-likeness (QED) is 0.339. The molecule has 3 N–H and O–H groups in total.